The van der Waals surface area contributed by atoms with Crippen LogP contribution in [0, 0.1) is 17.6 Å². The maximum absolute atomic E-state index is 14.1. The SMILES string of the molecule is CCCC1CCC(c2ccc(Oc3ccc(CC)c(F)c3F)cc2)CC1. The van der Waals surface area contributed by atoms with Gasteiger partial charge in [-0.1, -0.05) is 44.9 Å². The summed E-state index contributed by atoms with van der Waals surface area (Å²) in [5, 5.41) is 0. The second kappa shape index (κ2) is 8.66. The van der Waals surface area contributed by atoms with Crippen LogP contribution in [0.3, 0.4) is 0 Å². The molecule has 0 N–H and O–H groups in total. The highest BCUT2D eigenvalue weighted by atomic mass is 19.2. The molecule has 2 aromatic carbocycles. The fourth-order valence-electron chi connectivity index (χ4n) is 4.05. The molecule has 0 radical (unpaired) electrons. The van der Waals surface area contributed by atoms with E-state index in [9.17, 15) is 8.78 Å². The highest BCUT2D eigenvalue weighted by Gasteiger charge is 2.22. The van der Waals surface area contributed by atoms with E-state index >= 15 is 0 Å². The molecule has 3 heteroatoms. The van der Waals surface area contributed by atoms with Crippen molar-refractivity contribution in [2.75, 3.05) is 0 Å². The van der Waals surface area contributed by atoms with E-state index in [1.165, 1.54) is 50.2 Å². The Morgan fingerprint density at radius 1 is 0.885 bits per heavy atom. The van der Waals surface area contributed by atoms with Crippen LogP contribution in [0.15, 0.2) is 36.4 Å². The van der Waals surface area contributed by atoms with Crippen LogP contribution in [0.2, 0.25) is 0 Å². The smallest absolute Gasteiger partial charge is 0.201 e. The fraction of sp³-hybridized carbons (Fsp3) is 0.478. The first kappa shape index (κ1) is 18.9. The molecule has 0 unspecified atom stereocenters. The van der Waals surface area contributed by atoms with Crippen molar-refractivity contribution < 1.29 is 13.5 Å². The van der Waals surface area contributed by atoms with Gasteiger partial charge >= 0.3 is 0 Å². The number of benzene rings is 2. The lowest BCUT2D eigenvalue weighted by molar-refractivity contribution is 0.308. The number of rotatable bonds is 6. The first-order chi connectivity index (χ1) is 12.6. The van der Waals surface area contributed by atoms with Crippen molar-refractivity contribution in [3.63, 3.8) is 0 Å². The Hall–Kier alpha value is -1.90. The lowest BCUT2D eigenvalue weighted by Gasteiger charge is -2.28. The third kappa shape index (κ3) is 4.25. The van der Waals surface area contributed by atoms with Gasteiger partial charge in [0, 0.05) is 0 Å². The third-order valence-corrected chi connectivity index (χ3v) is 5.63. The molecule has 3 rings (SSSR count). The fourth-order valence-corrected chi connectivity index (χ4v) is 4.05. The molecular weight excluding hydrogens is 330 g/mol. The Kier molecular flexibility index (Phi) is 6.29. The van der Waals surface area contributed by atoms with Gasteiger partial charge in [-0.05, 0) is 73.3 Å². The van der Waals surface area contributed by atoms with Gasteiger partial charge in [-0.15, -0.1) is 0 Å². The van der Waals surface area contributed by atoms with Gasteiger partial charge < -0.3 is 4.74 Å². The summed E-state index contributed by atoms with van der Waals surface area (Å²) in [7, 11) is 0. The van der Waals surface area contributed by atoms with Crippen LogP contribution in [0.25, 0.3) is 0 Å². The van der Waals surface area contributed by atoms with E-state index in [-0.39, 0.29) is 5.75 Å². The van der Waals surface area contributed by atoms with Gasteiger partial charge in [0.2, 0.25) is 5.82 Å². The maximum atomic E-state index is 14.1. The molecule has 1 aliphatic carbocycles. The third-order valence-electron chi connectivity index (χ3n) is 5.63. The summed E-state index contributed by atoms with van der Waals surface area (Å²) >= 11 is 0. The molecule has 0 aromatic heterocycles. The Labute approximate surface area is 155 Å². The van der Waals surface area contributed by atoms with E-state index in [2.05, 4.69) is 19.1 Å². The molecular formula is C23H28F2O. The first-order valence-corrected chi connectivity index (χ1v) is 9.87. The lowest BCUT2D eigenvalue weighted by atomic mass is 9.77. The van der Waals surface area contributed by atoms with Crippen LogP contribution in [0.4, 0.5) is 8.78 Å². The standard InChI is InChI=1S/C23H28F2O/c1-3-5-16-6-8-18(9-7-16)19-10-13-20(14-11-19)26-21-15-12-17(4-2)22(24)23(21)25/h10-16,18H,3-9H2,1-2H3. The molecule has 0 amide bonds. The van der Waals surface area contributed by atoms with Gasteiger partial charge in [-0.3, -0.25) is 0 Å². The molecule has 1 nitrogen and oxygen atoms in total. The van der Waals surface area contributed by atoms with E-state index < -0.39 is 11.6 Å². The summed E-state index contributed by atoms with van der Waals surface area (Å²) in [6, 6.07) is 10.9. The predicted octanol–water partition coefficient (Wildman–Crippen LogP) is 7.39. The van der Waals surface area contributed by atoms with Crippen molar-refractivity contribution in [2.24, 2.45) is 5.92 Å². The molecule has 1 aliphatic rings. The monoisotopic (exact) mass is 358 g/mol. The van der Waals surface area contributed by atoms with Gasteiger partial charge in [0.05, 0.1) is 0 Å². The lowest BCUT2D eigenvalue weighted by Crippen LogP contribution is -2.13. The van der Waals surface area contributed by atoms with Crippen molar-refractivity contribution >= 4 is 0 Å². The summed E-state index contributed by atoms with van der Waals surface area (Å²) < 4.78 is 33.6. The minimum atomic E-state index is -0.914. The molecule has 0 bridgehead atoms. The summed E-state index contributed by atoms with van der Waals surface area (Å²) in [6.07, 6.45) is 8.18. The van der Waals surface area contributed by atoms with Gasteiger partial charge in [-0.25, -0.2) is 4.39 Å². The van der Waals surface area contributed by atoms with Crippen LogP contribution < -0.4 is 4.74 Å². The summed E-state index contributed by atoms with van der Waals surface area (Å²) in [5.74, 6) is 0.245. The first-order valence-electron chi connectivity index (χ1n) is 9.87. The van der Waals surface area contributed by atoms with E-state index in [0.29, 0.717) is 23.7 Å². The van der Waals surface area contributed by atoms with Crippen LogP contribution in [-0.4, -0.2) is 0 Å². The Bertz CT molecular complexity index is 716. The molecule has 0 saturated heterocycles. The largest absolute Gasteiger partial charge is 0.454 e. The molecule has 0 atom stereocenters. The van der Waals surface area contributed by atoms with Crippen LogP contribution in [-0.2, 0) is 6.42 Å². The summed E-state index contributed by atoms with van der Waals surface area (Å²) in [5.41, 5.74) is 1.68. The van der Waals surface area contributed by atoms with E-state index in [1.54, 1.807) is 13.0 Å². The topological polar surface area (TPSA) is 9.23 Å². The Balaban J connectivity index is 1.64. The maximum Gasteiger partial charge on any atom is 0.201 e. The Morgan fingerprint density at radius 3 is 2.19 bits per heavy atom. The molecule has 0 spiro atoms. The number of aryl methyl sites for hydroxylation is 1. The molecule has 0 heterocycles. The average molecular weight is 358 g/mol. The zero-order valence-electron chi connectivity index (χ0n) is 15.7. The highest BCUT2D eigenvalue weighted by molar-refractivity contribution is 5.37. The quantitative estimate of drug-likeness (QED) is 0.523. The van der Waals surface area contributed by atoms with Crippen molar-refractivity contribution in [2.45, 2.75) is 64.7 Å². The van der Waals surface area contributed by atoms with Crippen LogP contribution in [0.1, 0.15) is 69.4 Å². The van der Waals surface area contributed by atoms with Crippen LogP contribution in [0.5, 0.6) is 11.5 Å². The summed E-state index contributed by atoms with van der Waals surface area (Å²) in [6.45, 7) is 4.06. The normalized spacial score (nSPS) is 20.2. The van der Waals surface area contributed by atoms with Crippen LogP contribution >= 0.6 is 0 Å². The number of ether oxygens (including phenoxy) is 1. The van der Waals surface area contributed by atoms with E-state index in [1.807, 2.05) is 12.1 Å². The summed E-state index contributed by atoms with van der Waals surface area (Å²) in [4.78, 5) is 0. The zero-order chi connectivity index (χ0) is 18.5. The minimum Gasteiger partial charge on any atom is -0.454 e. The van der Waals surface area contributed by atoms with Gasteiger partial charge in [0.1, 0.15) is 5.75 Å². The van der Waals surface area contributed by atoms with Crippen molar-refractivity contribution in [3.8, 4) is 11.5 Å². The molecule has 26 heavy (non-hydrogen) atoms. The zero-order valence-corrected chi connectivity index (χ0v) is 15.7. The van der Waals surface area contributed by atoms with Crippen molar-refractivity contribution in [1.29, 1.82) is 0 Å². The van der Waals surface area contributed by atoms with E-state index in [4.69, 9.17) is 4.74 Å². The van der Waals surface area contributed by atoms with Gasteiger partial charge in [-0.2, -0.15) is 4.39 Å². The minimum absolute atomic E-state index is 0.0625. The number of hydrogen-bond donors (Lipinski definition) is 0. The van der Waals surface area contributed by atoms with Crippen molar-refractivity contribution in [1.82, 2.24) is 0 Å². The number of hydrogen-bond acceptors (Lipinski definition) is 1. The second-order valence-corrected chi connectivity index (χ2v) is 7.38. The number of halogens is 2. The molecule has 1 fully saturated rings. The second-order valence-electron chi connectivity index (χ2n) is 7.38. The molecule has 0 aliphatic heterocycles. The average Bonchev–Trinajstić information content (AvgIpc) is 2.67. The molecule has 140 valence electrons. The molecule has 1 saturated carbocycles. The van der Waals surface area contributed by atoms with E-state index in [0.717, 1.165) is 5.92 Å². The van der Waals surface area contributed by atoms with Gasteiger partial charge in [0.15, 0.2) is 11.6 Å². The molecule has 2 aromatic rings. The predicted molar refractivity (Wildman–Crippen MR) is 102 cm³/mol. The highest BCUT2D eigenvalue weighted by Crippen LogP contribution is 2.38. The van der Waals surface area contributed by atoms with Gasteiger partial charge in [0.25, 0.3) is 0 Å². The van der Waals surface area contributed by atoms with Crippen molar-refractivity contribution in [3.05, 3.63) is 59.2 Å². The Morgan fingerprint density at radius 2 is 1.58 bits per heavy atom.